The first-order valence-corrected chi connectivity index (χ1v) is 4.22. The molecule has 0 aliphatic carbocycles. The molecule has 0 aromatic rings. The second-order valence-electron chi connectivity index (χ2n) is 2.61. The lowest BCUT2D eigenvalue weighted by Crippen LogP contribution is -2.62. The molecular formula is C6H3NO5S. The standard InChI is InChI=1S/C6H3NO5S/c8-2-3(9)7-1(5(10)11)6(12)13-4(2)7/h1,4H,(H,10,11). The van der Waals surface area contributed by atoms with E-state index in [1.54, 1.807) is 0 Å². The van der Waals surface area contributed by atoms with Crippen LogP contribution >= 0.6 is 11.8 Å². The number of carboxylic acid groups (broad SMARTS) is 1. The summed E-state index contributed by atoms with van der Waals surface area (Å²) in [6, 6.07) is -1.47. The summed E-state index contributed by atoms with van der Waals surface area (Å²) in [5.74, 6) is -2.96. The Balaban J connectivity index is 2.33. The number of β-lactam (4-membered cyclic amide) rings is 1. The van der Waals surface area contributed by atoms with Gasteiger partial charge < -0.3 is 5.11 Å². The monoisotopic (exact) mass is 201 g/mol. The Morgan fingerprint density at radius 2 is 2.00 bits per heavy atom. The number of fused-ring (bicyclic) bond motifs is 1. The molecule has 2 aliphatic heterocycles. The normalized spacial score (nSPS) is 31.7. The number of ketones is 1. The highest BCUT2D eigenvalue weighted by Crippen LogP contribution is 2.37. The van der Waals surface area contributed by atoms with Crippen molar-refractivity contribution in [1.29, 1.82) is 0 Å². The lowest BCUT2D eigenvalue weighted by atomic mass is 10.1. The molecule has 2 unspecified atom stereocenters. The third-order valence-corrected chi connectivity index (χ3v) is 3.01. The first kappa shape index (κ1) is 8.24. The van der Waals surface area contributed by atoms with Crippen LogP contribution in [0.5, 0.6) is 0 Å². The summed E-state index contributed by atoms with van der Waals surface area (Å²) in [6.07, 6.45) is 0. The number of Topliss-reactive ketones (excluding diaryl/α,β-unsaturated/α-hetero) is 1. The Hall–Kier alpha value is -1.37. The van der Waals surface area contributed by atoms with Crippen molar-refractivity contribution in [3.63, 3.8) is 0 Å². The highest BCUT2D eigenvalue weighted by atomic mass is 32.2. The zero-order valence-corrected chi connectivity index (χ0v) is 6.91. The van der Waals surface area contributed by atoms with E-state index in [1.807, 2.05) is 0 Å². The van der Waals surface area contributed by atoms with Gasteiger partial charge in [-0.05, 0) is 0 Å². The number of carbonyl (C=O) groups excluding carboxylic acids is 3. The number of nitrogens with zero attached hydrogens (tertiary/aromatic N) is 1. The van der Waals surface area contributed by atoms with Gasteiger partial charge in [-0.15, -0.1) is 0 Å². The first-order chi connectivity index (χ1) is 6.04. The summed E-state index contributed by atoms with van der Waals surface area (Å²) in [6.45, 7) is 0. The van der Waals surface area contributed by atoms with Gasteiger partial charge in [0.25, 0.3) is 11.7 Å². The van der Waals surface area contributed by atoms with Gasteiger partial charge in [0.15, 0.2) is 5.37 Å². The van der Waals surface area contributed by atoms with Crippen molar-refractivity contribution < 1.29 is 24.3 Å². The molecule has 2 rings (SSSR count). The molecule has 2 aliphatic rings. The summed E-state index contributed by atoms with van der Waals surface area (Å²) in [5.41, 5.74) is 0. The summed E-state index contributed by atoms with van der Waals surface area (Å²) >= 11 is 0.599. The Morgan fingerprint density at radius 3 is 2.54 bits per heavy atom. The summed E-state index contributed by atoms with van der Waals surface area (Å²) in [7, 11) is 0. The fraction of sp³-hybridized carbons (Fsp3) is 0.333. The number of rotatable bonds is 1. The van der Waals surface area contributed by atoms with E-state index in [-0.39, 0.29) is 0 Å². The van der Waals surface area contributed by atoms with Crippen LogP contribution in [0.15, 0.2) is 0 Å². The second-order valence-corrected chi connectivity index (χ2v) is 3.69. The van der Waals surface area contributed by atoms with Crippen molar-refractivity contribution in [3.05, 3.63) is 0 Å². The minimum absolute atomic E-state index is 0.599. The number of thioether (sulfide) groups is 1. The Morgan fingerprint density at radius 1 is 1.38 bits per heavy atom. The molecule has 13 heavy (non-hydrogen) atoms. The largest absolute Gasteiger partial charge is 0.479 e. The van der Waals surface area contributed by atoms with E-state index in [9.17, 15) is 19.2 Å². The van der Waals surface area contributed by atoms with Gasteiger partial charge in [0.1, 0.15) is 0 Å². The number of hydrogen-bond acceptors (Lipinski definition) is 5. The topological polar surface area (TPSA) is 91.8 Å². The Labute approximate surface area is 75.9 Å². The minimum Gasteiger partial charge on any atom is -0.479 e. The zero-order chi connectivity index (χ0) is 9.75. The number of amides is 1. The molecule has 6 nitrogen and oxygen atoms in total. The molecule has 2 saturated heterocycles. The molecule has 2 heterocycles. The molecule has 0 aromatic carbocycles. The van der Waals surface area contributed by atoms with Crippen LogP contribution in [0.2, 0.25) is 0 Å². The predicted octanol–water partition coefficient (Wildman–Crippen LogP) is -1.55. The molecule has 2 atom stereocenters. The molecule has 0 aromatic heterocycles. The lowest BCUT2D eigenvalue weighted by Gasteiger charge is -2.32. The highest BCUT2D eigenvalue weighted by molar-refractivity contribution is 8.15. The third-order valence-electron chi connectivity index (χ3n) is 1.89. The fourth-order valence-corrected chi connectivity index (χ4v) is 2.37. The van der Waals surface area contributed by atoms with Crippen LogP contribution in [0, 0.1) is 0 Å². The van der Waals surface area contributed by atoms with E-state index < -0.39 is 34.2 Å². The summed E-state index contributed by atoms with van der Waals surface area (Å²) < 4.78 is 0. The molecule has 68 valence electrons. The van der Waals surface area contributed by atoms with Crippen molar-refractivity contribution in [2.45, 2.75) is 11.4 Å². The maximum atomic E-state index is 11.0. The highest BCUT2D eigenvalue weighted by Gasteiger charge is 2.60. The van der Waals surface area contributed by atoms with E-state index >= 15 is 0 Å². The van der Waals surface area contributed by atoms with Gasteiger partial charge >= 0.3 is 5.97 Å². The molecule has 7 heteroatoms. The number of carbonyl (C=O) groups is 4. The summed E-state index contributed by atoms with van der Waals surface area (Å²) in [4.78, 5) is 44.0. The first-order valence-electron chi connectivity index (χ1n) is 3.34. The van der Waals surface area contributed by atoms with Crippen LogP contribution < -0.4 is 0 Å². The molecular weight excluding hydrogens is 198 g/mol. The average Bonchev–Trinajstić information content (AvgIpc) is 2.39. The van der Waals surface area contributed by atoms with Gasteiger partial charge in [-0.1, -0.05) is 11.8 Å². The zero-order valence-electron chi connectivity index (χ0n) is 6.09. The second kappa shape index (κ2) is 2.32. The summed E-state index contributed by atoms with van der Waals surface area (Å²) in [5, 5.41) is 7.03. The average molecular weight is 201 g/mol. The SMILES string of the molecule is O=C1C(=O)N2C1SC(=O)C2C(=O)O. The van der Waals surface area contributed by atoms with E-state index in [4.69, 9.17) is 5.11 Å². The predicted molar refractivity (Wildman–Crippen MR) is 39.7 cm³/mol. The molecule has 1 amide bonds. The quantitative estimate of drug-likeness (QED) is 0.313. The minimum atomic E-state index is -1.47. The Bertz CT molecular complexity index is 351. The van der Waals surface area contributed by atoms with E-state index in [2.05, 4.69) is 0 Å². The molecule has 1 N–H and O–H groups in total. The van der Waals surface area contributed by atoms with Crippen molar-refractivity contribution in [1.82, 2.24) is 4.90 Å². The van der Waals surface area contributed by atoms with Crippen LogP contribution in [-0.2, 0) is 19.2 Å². The lowest BCUT2D eigenvalue weighted by molar-refractivity contribution is -0.164. The number of carboxylic acids is 1. The van der Waals surface area contributed by atoms with E-state index in [1.165, 1.54) is 0 Å². The van der Waals surface area contributed by atoms with Crippen molar-refractivity contribution >= 4 is 34.5 Å². The van der Waals surface area contributed by atoms with Crippen LogP contribution in [-0.4, -0.2) is 44.2 Å². The molecule has 0 spiro atoms. The van der Waals surface area contributed by atoms with Gasteiger partial charge in [0.2, 0.25) is 11.2 Å². The van der Waals surface area contributed by atoms with Gasteiger partial charge in [-0.3, -0.25) is 19.3 Å². The number of hydrogen-bond donors (Lipinski definition) is 1. The molecule has 0 radical (unpaired) electrons. The van der Waals surface area contributed by atoms with Crippen LogP contribution in [0.4, 0.5) is 0 Å². The number of aliphatic carboxylic acids is 1. The Kier molecular flexibility index (Phi) is 1.47. The van der Waals surface area contributed by atoms with Gasteiger partial charge in [-0.25, -0.2) is 4.79 Å². The van der Waals surface area contributed by atoms with Gasteiger partial charge in [0.05, 0.1) is 0 Å². The molecule has 0 bridgehead atoms. The van der Waals surface area contributed by atoms with Gasteiger partial charge in [0, 0.05) is 0 Å². The van der Waals surface area contributed by atoms with E-state index in [0.29, 0.717) is 11.8 Å². The van der Waals surface area contributed by atoms with Crippen molar-refractivity contribution in [2.75, 3.05) is 0 Å². The van der Waals surface area contributed by atoms with Crippen LogP contribution in [0.25, 0.3) is 0 Å². The fourth-order valence-electron chi connectivity index (χ4n) is 1.27. The van der Waals surface area contributed by atoms with E-state index in [0.717, 1.165) is 4.90 Å². The maximum Gasteiger partial charge on any atom is 0.335 e. The maximum absolute atomic E-state index is 11.0. The van der Waals surface area contributed by atoms with Crippen LogP contribution in [0.1, 0.15) is 0 Å². The smallest absolute Gasteiger partial charge is 0.335 e. The van der Waals surface area contributed by atoms with Gasteiger partial charge in [-0.2, -0.15) is 0 Å². The molecule has 0 saturated carbocycles. The van der Waals surface area contributed by atoms with Crippen molar-refractivity contribution in [3.8, 4) is 0 Å². The van der Waals surface area contributed by atoms with Crippen molar-refractivity contribution in [2.24, 2.45) is 0 Å². The van der Waals surface area contributed by atoms with Crippen LogP contribution in [0.3, 0.4) is 0 Å². The third kappa shape index (κ3) is 0.844. The molecule has 2 fully saturated rings.